The lowest BCUT2D eigenvalue weighted by atomic mass is 9.93. The van der Waals surface area contributed by atoms with Crippen molar-refractivity contribution in [1.82, 2.24) is 9.55 Å². The van der Waals surface area contributed by atoms with Crippen LogP contribution in [0.2, 0.25) is 5.02 Å². The second-order valence-corrected chi connectivity index (χ2v) is 7.82. The predicted octanol–water partition coefficient (Wildman–Crippen LogP) is 5.32. The Labute approximate surface area is 183 Å². The number of para-hydroxylation sites is 3. The van der Waals surface area contributed by atoms with E-state index in [1.807, 2.05) is 47.9 Å². The smallest absolute Gasteiger partial charge is 0.255 e. The van der Waals surface area contributed by atoms with Crippen LogP contribution >= 0.6 is 11.6 Å². The molecule has 5 rings (SSSR count). The molecule has 7 heteroatoms. The van der Waals surface area contributed by atoms with Crippen molar-refractivity contribution < 1.29 is 9.90 Å². The van der Waals surface area contributed by atoms with Crippen molar-refractivity contribution in [3.8, 4) is 5.75 Å². The number of hydrogen-bond donors (Lipinski definition) is 3. The van der Waals surface area contributed by atoms with Crippen molar-refractivity contribution in [1.29, 1.82) is 0 Å². The quantitative estimate of drug-likeness (QED) is 0.411. The van der Waals surface area contributed by atoms with E-state index in [2.05, 4.69) is 15.6 Å². The molecule has 31 heavy (non-hydrogen) atoms. The molecule has 1 unspecified atom stereocenters. The molecule has 0 aliphatic carbocycles. The van der Waals surface area contributed by atoms with E-state index >= 15 is 0 Å². The summed E-state index contributed by atoms with van der Waals surface area (Å²) in [6.45, 7) is 1.84. The van der Waals surface area contributed by atoms with E-state index in [-0.39, 0.29) is 11.7 Å². The molecule has 1 amide bonds. The molecule has 6 nitrogen and oxygen atoms in total. The topological polar surface area (TPSA) is 79.2 Å². The lowest BCUT2D eigenvalue weighted by Crippen LogP contribution is -2.31. The predicted molar refractivity (Wildman–Crippen MR) is 122 cm³/mol. The molecular formula is C24H19ClN4O2. The number of imidazole rings is 1. The van der Waals surface area contributed by atoms with Gasteiger partial charge in [-0.1, -0.05) is 41.9 Å². The van der Waals surface area contributed by atoms with Crippen LogP contribution < -0.4 is 10.6 Å². The highest BCUT2D eigenvalue weighted by atomic mass is 35.5. The first-order valence-corrected chi connectivity index (χ1v) is 10.2. The van der Waals surface area contributed by atoms with Gasteiger partial charge in [-0.15, -0.1) is 0 Å². The first-order valence-electron chi connectivity index (χ1n) is 9.82. The molecule has 1 aliphatic heterocycles. The summed E-state index contributed by atoms with van der Waals surface area (Å²) in [4.78, 5) is 18.2. The average molecular weight is 431 g/mol. The standard InChI is InChI=1S/C24H19ClN4O2/c1-14-21(23(31)27-16-12-10-15(25)11-13-16)22(17-6-2-5-9-20(17)30)29-19-8-4-3-7-18(19)28-24(29)26-14/h2-13,22,30H,1H3,(H,26,28)(H,27,31). The SMILES string of the molecule is CC1=C(C(=O)Nc2ccc(Cl)cc2)C(c2ccccc2O)n2c(nc3ccccc32)N1. The molecule has 1 aromatic heterocycles. The highest BCUT2D eigenvalue weighted by Crippen LogP contribution is 2.42. The van der Waals surface area contributed by atoms with Crippen LogP contribution in [0.15, 0.2) is 84.1 Å². The number of fused-ring (bicyclic) bond motifs is 3. The number of carbonyl (C=O) groups is 1. The fourth-order valence-corrected chi connectivity index (χ4v) is 4.13. The number of nitrogens with one attached hydrogen (secondary N) is 2. The first-order chi connectivity index (χ1) is 15.0. The van der Waals surface area contributed by atoms with Crippen molar-refractivity contribution in [2.45, 2.75) is 13.0 Å². The number of carbonyl (C=O) groups excluding carboxylic acids is 1. The molecule has 4 aromatic rings. The fraction of sp³-hybridized carbons (Fsp3) is 0.0833. The van der Waals surface area contributed by atoms with Crippen molar-refractivity contribution in [3.05, 3.63) is 94.7 Å². The van der Waals surface area contributed by atoms with Crippen molar-refractivity contribution >= 4 is 40.2 Å². The van der Waals surface area contributed by atoms with Gasteiger partial charge >= 0.3 is 0 Å². The third kappa shape index (κ3) is 3.31. The van der Waals surface area contributed by atoms with Gasteiger partial charge in [0, 0.05) is 22.0 Å². The molecule has 0 radical (unpaired) electrons. The van der Waals surface area contributed by atoms with Crippen molar-refractivity contribution in [3.63, 3.8) is 0 Å². The van der Waals surface area contributed by atoms with Crippen LogP contribution in [-0.2, 0) is 4.79 Å². The van der Waals surface area contributed by atoms with Crippen LogP contribution in [0, 0.1) is 0 Å². The molecule has 3 aromatic carbocycles. The Hall–Kier alpha value is -3.77. The van der Waals surface area contributed by atoms with E-state index in [1.165, 1.54) is 0 Å². The number of phenolic OH excluding ortho intramolecular Hbond substituents is 1. The van der Waals surface area contributed by atoms with Crippen LogP contribution in [-0.4, -0.2) is 20.6 Å². The minimum Gasteiger partial charge on any atom is -0.508 e. The summed E-state index contributed by atoms with van der Waals surface area (Å²) in [6, 6.07) is 21.2. The monoisotopic (exact) mass is 430 g/mol. The Bertz CT molecular complexity index is 1340. The lowest BCUT2D eigenvalue weighted by molar-refractivity contribution is -0.113. The van der Waals surface area contributed by atoms with Gasteiger partial charge in [0.1, 0.15) is 5.75 Å². The lowest BCUT2D eigenvalue weighted by Gasteiger charge is -2.31. The van der Waals surface area contributed by atoms with Gasteiger partial charge < -0.3 is 15.7 Å². The molecule has 1 atom stereocenters. The Balaban J connectivity index is 1.67. The molecule has 154 valence electrons. The van der Waals surface area contributed by atoms with E-state index < -0.39 is 6.04 Å². The Kier molecular flexibility index (Phi) is 4.64. The summed E-state index contributed by atoms with van der Waals surface area (Å²) in [7, 11) is 0. The summed E-state index contributed by atoms with van der Waals surface area (Å²) >= 11 is 5.97. The maximum Gasteiger partial charge on any atom is 0.255 e. The number of halogens is 1. The van der Waals surface area contributed by atoms with Crippen LogP contribution in [0.25, 0.3) is 11.0 Å². The second kappa shape index (κ2) is 7.49. The fourth-order valence-electron chi connectivity index (χ4n) is 4.00. The van der Waals surface area contributed by atoms with Crippen molar-refractivity contribution in [2.75, 3.05) is 10.6 Å². The highest BCUT2D eigenvalue weighted by Gasteiger charge is 2.35. The molecule has 0 saturated heterocycles. The Morgan fingerprint density at radius 3 is 2.55 bits per heavy atom. The maximum absolute atomic E-state index is 13.5. The maximum atomic E-state index is 13.5. The summed E-state index contributed by atoms with van der Waals surface area (Å²) in [5, 5.41) is 17.5. The number of rotatable bonds is 3. The zero-order chi connectivity index (χ0) is 21.5. The largest absolute Gasteiger partial charge is 0.508 e. The van der Waals surface area contributed by atoms with Gasteiger partial charge in [-0.05, 0) is 49.4 Å². The van der Waals surface area contributed by atoms with Gasteiger partial charge in [0.15, 0.2) is 0 Å². The third-order valence-corrected chi connectivity index (χ3v) is 5.66. The molecular weight excluding hydrogens is 412 g/mol. The van der Waals surface area contributed by atoms with Gasteiger partial charge in [-0.2, -0.15) is 0 Å². The van der Waals surface area contributed by atoms with E-state index in [0.29, 0.717) is 33.5 Å². The molecule has 2 heterocycles. The number of anilines is 2. The van der Waals surface area contributed by atoms with Crippen LogP contribution in [0.1, 0.15) is 18.5 Å². The summed E-state index contributed by atoms with van der Waals surface area (Å²) in [5.74, 6) is 0.460. The van der Waals surface area contributed by atoms with E-state index in [9.17, 15) is 9.90 Å². The molecule has 3 N–H and O–H groups in total. The van der Waals surface area contributed by atoms with Gasteiger partial charge in [0.05, 0.1) is 22.6 Å². The van der Waals surface area contributed by atoms with Gasteiger partial charge in [0.2, 0.25) is 5.95 Å². The number of phenols is 1. The number of nitrogens with zero attached hydrogens (tertiary/aromatic N) is 2. The van der Waals surface area contributed by atoms with Crippen molar-refractivity contribution in [2.24, 2.45) is 0 Å². The highest BCUT2D eigenvalue weighted by molar-refractivity contribution is 6.30. The molecule has 0 bridgehead atoms. The van der Waals surface area contributed by atoms with Gasteiger partial charge in [0.25, 0.3) is 5.91 Å². The number of amides is 1. The zero-order valence-electron chi connectivity index (χ0n) is 16.6. The number of benzene rings is 3. The molecule has 0 fully saturated rings. The molecule has 0 spiro atoms. The normalized spacial score (nSPS) is 15.5. The number of aromatic hydroxyl groups is 1. The summed E-state index contributed by atoms with van der Waals surface area (Å²) < 4.78 is 1.95. The Morgan fingerprint density at radius 1 is 1.06 bits per heavy atom. The second-order valence-electron chi connectivity index (χ2n) is 7.38. The average Bonchev–Trinajstić information content (AvgIpc) is 3.12. The Morgan fingerprint density at radius 2 is 1.77 bits per heavy atom. The van der Waals surface area contributed by atoms with Gasteiger partial charge in [-0.25, -0.2) is 4.98 Å². The third-order valence-electron chi connectivity index (χ3n) is 5.41. The summed E-state index contributed by atoms with van der Waals surface area (Å²) in [6.07, 6.45) is 0. The minimum absolute atomic E-state index is 0.114. The minimum atomic E-state index is -0.558. The number of hydrogen-bond acceptors (Lipinski definition) is 4. The number of aromatic nitrogens is 2. The first kappa shape index (κ1) is 19.2. The van der Waals surface area contributed by atoms with E-state index in [0.717, 1.165) is 11.0 Å². The van der Waals surface area contributed by atoms with Gasteiger partial charge in [-0.3, -0.25) is 9.36 Å². The van der Waals surface area contributed by atoms with Crippen LogP contribution in [0.3, 0.4) is 0 Å². The summed E-state index contributed by atoms with van der Waals surface area (Å²) in [5.41, 5.74) is 4.08. The van der Waals surface area contributed by atoms with Crippen LogP contribution in [0.5, 0.6) is 5.75 Å². The number of allylic oxidation sites excluding steroid dienone is 1. The van der Waals surface area contributed by atoms with Crippen LogP contribution in [0.4, 0.5) is 11.6 Å². The molecule has 1 aliphatic rings. The van der Waals surface area contributed by atoms with E-state index in [4.69, 9.17) is 11.6 Å². The zero-order valence-corrected chi connectivity index (χ0v) is 17.4. The molecule has 0 saturated carbocycles. The van der Waals surface area contributed by atoms with E-state index in [1.54, 1.807) is 36.4 Å².